The summed E-state index contributed by atoms with van der Waals surface area (Å²) in [5, 5.41) is 0. The van der Waals surface area contributed by atoms with Crippen molar-refractivity contribution in [2.75, 3.05) is 0 Å². The van der Waals surface area contributed by atoms with Crippen LogP contribution in [0.5, 0.6) is 0 Å². The fraction of sp³-hybridized carbons (Fsp3) is 0.167. The zero-order valence-electron chi connectivity index (χ0n) is 9.24. The highest BCUT2D eigenvalue weighted by Crippen LogP contribution is 2.36. The highest BCUT2D eigenvalue weighted by molar-refractivity contribution is 5.37. The Kier molecular flexibility index (Phi) is 3.40. The minimum Gasteiger partial charge on any atom is -0.472 e. The molecule has 0 aliphatic rings. The lowest BCUT2D eigenvalue weighted by molar-refractivity contribution is -0.138. The summed E-state index contributed by atoms with van der Waals surface area (Å²) in [5.74, 6) is 5.35. The average molecular weight is 256 g/mol. The molecule has 0 spiro atoms. The summed E-state index contributed by atoms with van der Waals surface area (Å²) in [6.45, 7) is 0. The molecule has 1 unspecified atom stereocenters. The maximum Gasteiger partial charge on any atom is 0.416 e. The zero-order valence-corrected chi connectivity index (χ0v) is 9.24. The van der Waals surface area contributed by atoms with Crippen molar-refractivity contribution in [3.8, 4) is 0 Å². The van der Waals surface area contributed by atoms with Gasteiger partial charge in [0.2, 0.25) is 0 Å². The quantitative estimate of drug-likeness (QED) is 0.655. The number of benzene rings is 1. The van der Waals surface area contributed by atoms with Gasteiger partial charge in [-0.15, -0.1) is 0 Å². The molecule has 3 N–H and O–H groups in total. The minimum absolute atomic E-state index is 0.0638. The Bertz CT molecular complexity index is 508. The third-order valence-electron chi connectivity index (χ3n) is 2.62. The Labute approximate surface area is 101 Å². The van der Waals surface area contributed by atoms with Gasteiger partial charge < -0.3 is 4.42 Å². The molecule has 3 nitrogen and oxygen atoms in total. The van der Waals surface area contributed by atoms with Crippen LogP contribution in [0.25, 0.3) is 0 Å². The maximum atomic E-state index is 12.9. The van der Waals surface area contributed by atoms with E-state index in [1.54, 1.807) is 6.07 Å². The molecule has 0 aliphatic carbocycles. The summed E-state index contributed by atoms with van der Waals surface area (Å²) >= 11 is 0. The fourth-order valence-electron chi connectivity index (χ4n) is 1.81. The van der Waals surface area contributed by atoms with Crippen LogP contribution in [0.4, 0.5) is 13.2 Å². The summed E-state index contributed by atoms with van der Waals surface area (Å²) in [6, 6.07) is 6.10. The molecule has 1 aromatic heterocycles. The van der Waals surface area contributed by atoms with Crippen LogP contribution >= 0.6 is 0 Å². The minimum atomic E-state index is -4.42. The first-order valence-electron chi connectivity index (χ1n) is 5.18. The van der Waals surface area contributed by atoms with Crippen molar-refractivity contribution in [2.45, 2.75) is 12.2 Å². The molecule has 0 bridgehead atoms. The first-order chi connectivity index (χ1) is 8.54. The van der Waals surface area contributed by atoms with Gasteiger partial charge in [0.15, 0.2) is 0 Å². The zero-order chi connectivity index (χ0) is 13.2. The largest absolute Gasteiger partial charge is 0.472 e. The van der Waals surface area contributed by atoms with Crippen molar-refractivity contribution in [3.05, 3.63) is 59.5 Å². The van der Waals surface area contributed by atoms with Gasteiger partial charge in [-0.1, -0.05) is 18.2 Å². The molecule has 2 rings (SSSR count). The Hall–Kier alpha value is -1.79. The number of furan rings is 1. The van der Waals surface area contributed by atoms with Gasteiger partial charge in [-0.25, -0.2) is 5.43 Å². The number of alkyl halides is 3. The highest BCUT2D eigenvalue weighted by atomic mass is 19.4. The third-order valence-corrected chi connectivity index (χ3v) is 2.62. The molecule has 6 heteroatoms. The molecular formula is C12H11F3N2O. The van der Waals surface area contributed by atoms with Gasteiger partial charge >= 0.3 is 6.18 Å². The molecule has 0 radical (unpaired) electrons. The summed E-state index contributed by atoms with van der Waals surface area (Å²) < 4.78 is 43.6. The van der Waals surface area contributed by atoms with Crippen molar-refractivity contribution in [3.63, 3.8) is 0 Å². The van der Waals surface area contributed by atoms with Crippen molar-refractivity contribution >= 4 is 0 Å². The van der Waals surface area contributed by atoms with Crippen LogP contribution in [0.1, 0.15) is 22.7 Å². The molecule has 0 saturated carbocycles. The van der Waals surface area contributed by atoms with Crippen LogP contribution in [0.2, 0.25) is 0 Å². The Balaban J connectivity index is 2.50. The molecular weight excluding hydrogens is 245 g/mol. The molecule has 18 heavy (non-hydrogen) atoms. The summed E-state index contributed by atoms with van der Waals surface area (Å²) in [4.78, 5) is 0. The van der Waals surface area contributed by atoms with Crippen LogP contribution in [-0.4, -0.2) is 0 Å². The number of halogens is 3. The van der Waals surface area contributed by atoms with Crippen LogP contribution in [-0.2, 0) is 6.18 Å². The lowest BCUT2D eigenvalue weighted by Gasteiger charge is -2.19. The number of rotatable bonds is 3. The fourth-order valence-corrected chi connectivity index (χ4v) is 1.81. The highest BCUT2D eigenvalue weighted by Gasteiger charge is 2.35. The van der Waals surface area contributed by atoms with Crippen molar-refractivity contribution in [1.82, 2.24) is 5.43 Å². The van der Waals surface area contributed by atoms with E-state index in [0.29, 0.717) is 5.56 Å². The second kappa shape index (κ2) is 4.83. The molecule has 0 amide bonds. The van der Waals surface area contributed by atoms with Gasteiger partial charge in [-0.3, -0.25) is 5.84 Å². The van der Waals surface area contributed by atoms with E-state index in [1.807, 2.05) is 0 Å². The lowest BCUT2D eigenvalue weighted by Crippen LogP contribution is -2.30. The molecule has 0 aliphatic heterocycles. The molecule has 1 heterocycles. The monoisotopic (exact) mass is 256 g/mol. The topological polar surface area (TPSA) is 51.2 Å². The van der Waals surface area contributed by atoms with Gasteiger partial charge in [0.25, 0.3) is 0 Å². The van der Waals surface area contributed by atoms with Gasteiger partial charge in [-0.05, 0) is 17.7 Å². The number of nitrogens with one attached hydrogen (secondary N) is 1. The molecule has 1 aromatic carbocycles. The van der Waals surface area contributed by atoms with Crippen LogP contribution in [0.3, 0.4) is 0 Å². The van der Waals surface area contributed by atoms with E-state index in [9.17, 15) is 13.2 Å². The Morgan fingerprint density at radius 2 is 1.89 bits per heavy atom. The van der Waals surface area contributed by atoms with Crippen molar-refractivity contribution < 1.29 is 17.6 Å². The normalized spacial score (nSPS) is 13.6. The van der Waals surface area contributed by atoms with Crippen LogP contribution < -0.4 is 11.3 Å². The SMILES string of the molecule is NNC(c1ccoc1)c1ccccc1C(F)(F)F. The van der Waals surface area contributed by atoms with E-state index in [4.69, 9.17) is 10.3 Å². The number of hydrazine groups is 1. The standard InChI is InChI=1S/C12H11F3N2O/c13-12(14,15)10-4-2-1-3-9(10)11(17-16)8-5-6-18-7-8/h1-7,11,17H,16H2. The molecule has 0 fully saturated rings. The van der Waals surface area contributed by atoms with Gasteiger partial charge in [0.1, 0.15) is 0 Å². The maximum absolute atomic E-state index is 12.9. The predicted octanol–water partition coefficient (Wildman–Crippen LogP) is 2.85. The van der Waals surface area contributed by atoms with E-state index >= 15 is 0 Å². The van der Waals surface area contributed by atoms with Gasteiger partial charge in [-0.2, -0.15) is 13.2 Å². The molecule has 2 aromatic rings. The predicted molar refractivity (Wildman–Crippen MR) is 59.3 cm³/mol. The third kappa shape index (κ3) is 2.39. The molecule has 0 saturated heterocycles. The second-order valence-corrected chi connectivity index (χ2v) is 3.74. The summed E-state index contributed by atoms with van der Waals surface area (Å²) in [7, 11) is 0. The van der Waals surface area contributed by atoms with Gasteiger partial charge in [0.05, 0.1) is 24.1 Å². The van der Waals surface area contributed by atoms with Crippen LogP contribution in [0.15, 0.2) is 47.3 Å². The van der Waals surface area contributed by atoms with Crippen molar-refractivity contribution in [2.24, 2.45) is 5.84 Å². The van der Waals surface area contributed by atoms with E-state index in [1.165, 1.54) is 30.7 Å². The summed E-state index contributed by atoms with van der Waals surface area (Å²) in [6.07, 6.45) is -1.68. The average Bonchev–Trinajstić information content (AvgIpc) is 2.83. The van der Waals surface area contributed by atoms with E-state index in [2.05, 4.69) is 5.43 Å². The van der Waals surface area contributed by atoms with E-state index < -0.39 is 17.8 Å². The first-order valence-corrected chi connectivity index (χ1v) is 5.18. The van der Waals surface area contributed by atoms with Crippen LogP contribution in [0, 0.1) is 0 Å². The van der Waals surface area contributed by atoms with Gasteiger partial charge in [0, 0.05) is 5.56 Å². The molecule has 96 valence electrons. The number of hydrogen-bond acceptors (Lipinski definition) is 3. The first kappa shape index (κ1) is 12.7. The Morgan fingerprint density at radius 3 is 2.44 bits per heavy atom. The number of hydrogen-bond donors (Lipinski definition) is 2. The van der Waals surface area contributed by atoms with Crippen molar-refractivity contribution in [1.29, 1.82) is 0 Å². The second-order valence-electron chi connectivity index (χ2n) is 3.74. The summed E-state index contributed by atoms with van der Waals surface area (Å²) in [5.41, 5.74) is 2.26. The Morgan fingerprint density at radius 1 is 1.17 bits per heavy atom. The van der Waals surface area contributed by atoms with E-state index in [0.717, 1.165) is 6.07 Å². The number of nitrogens with two attached hydrogens (primary N) is 1. The molecule has 1 atom stereocenters. The lowest BCUT2D eigenvalue weighted by atomic mass is 9.96. The van der Waals surface area contributed by atoms with E-state index in [-0.39, 0.29) is 5.56 Å². The smallest absolute Gasteiger partial charge is 0.416 e.